The monoisotopic (exact) mass is 491 g/mol. The zero-order valence-electron chi connectivity index (χ0n) is 17.2. The molecule has 3 rings (SSSR count). The van der Waals surface area contributed by atoms with E-state index in [4.69, 9.17) is 27.4 Å². The third-order valence-corrected chi connectivity index (χ3v) is 5.95. The van der Waals surface area contributed by atoms with Crippen molar-refractivity contribution in [3.05, 3.63) is 52.0 Å². The van der Waals surface area contributed by atoms with Crippen molar-refractivity contribution in [2.24, 2.45) is 11.8 Å². The van der Waals surface area contributed by atoms with Gasteiger partial charge in [0, 0.05) is 0 Å². The number of nitrogens with zero attached hydrogens (tertiary/aromatic N) is 3. The molecule has 0 fully saturated rings. The number of hydrogen-bond acceptors (Lipinski definition) is 6. The van der Waals surface area contributed by atoms with Gasteiger partial charge < -0.3 is 4.18 Å². The maximum atomic E-state index is 13.0. The Labute approximate surface area is 215 Å². The molecule has 0 aliphatic heterocycles. The second-order valence-corrected chi connectivity index (χ2v) is 10.2. The Morgan fingerprint density at radius 1 is 0.871 bits per heavy atom. The minimum absolute atomic E-state index is 0. The fourth-order valence-electron chi connectivity index (χ4n) is 3.36. The first-order valence-electron chi connectivity index (χ1n) is 9.61. The normalized spacial score (nSPS) is 11.7. The molecule has 0 N–H and O–H groups in total. The second kappa shape index (κ2) is 10.8. The van der Waals surface area contributed by atoms with Crippen LogP contribution in [0.1, 0.15) is 38.8 Å². The molecule has 0 aliphatic rings. The van der Waals surface area contributed by atoms with Crippen LogP contribution >= 0.6 is 23.2 Å². The van der Waals surface area contributed by atoms with Gasteiger partial charge in [-0.1, -0.05) is 45.9 Å². The summed E-state index contributed by atoms with van der Waals surface area (Å²) in [6, 6.07) is 8.91. The van der Waals surface area contributed by atoms with Crippen LogP contribution in [0.5, 0.6) is 6.01 Å². The van der Waals surface area contributed by atoms with Gasteiger partial charge in [-0.05, 0) is 81.9 Å². The Morgan fingerprint density at radius 2 is 1.45 bits per heavy atom. The van der Waals surface area contributed by atoms with Gasteiger partial charge >= 0.3 is 45.7 Å². The summed E-state index contributed by atoms with van der Waals surface area (Å²) in [5.74, 6) is 0.775. The van der Waals surface area contributed by atoms with Crippen LogP contribution < -0.4 is 4.18 Å². The van der Waals surface area contributed by atoms with Gasteiger partial charge in [0.25, 0.3) is 0 Å². The van der Waals surface area contributed by atoms with E-state index in [0.717, 1.165) is 34.7 Å². The van der Waals surface area contributed by atoms with E-state index >= 15 is 0 Å². The van der Waals surface area contributed by atoms with E-state index in [1.54, 1.807) is 12.1 Å². The van der Waals surface area contributed by atoms with Crippen LogP contribution in [0.2, 0.25) is 10.6 Å². The van der Waals surface area contributed by atoms with Gasteiger partial charge in [0.1, 0.15) is 4.90 Å². The average Bonchev–Trinajstić information content (AvgIpc) is 2.59. The molecule has 0 saturated heterocycles. The van der Waals surface area contributed by atoms with Gasteiger partial charge in [0.05, 0.1) is 0 Å². The number of benzene rings is 2. The molecule has 0 bridgehead atoms. The Bertz CT molecular complexity index is 1170. The van der Waals surface area contributed by atoms with Crippen LogP contribution in [0.25, 0.3) is 10.8 Å². The first kappa shape index (κ1) is 26.3. The van der Waals surface area contributed by atoms with Crippen LogP contribution in [-0.2, 0) is 23.0 Å². The molecule has 10 heteroatoms. The molecule has 0 atom stereocenters. The van der Waals surface area contributed by atoms with Gasteiger partial charge in [0.15, 0.2) is 0 Å². The molecular weight excluding hydrogens is 468 g/mol. The summed E-state index contributed by atoms with van der Waals surface area (Å²) in [4.78, 5) is 11.0. The molecule has 2 aromatic carbocycles. The maximum absolute atomic E-state index is 13.0. The molecule has 0 spiro atoms. The van der Waals surface area contributed by atoms with E-state index in [1.807, 2.05) is 18.2 Å². The van der Waals surface area contributed by atoms with Crippen molar-refractivity contribution in [1.29, 1.82) is 0 Å². The molecule has 6 nitrogen and oxygen atoms in total. The summed E-state index contributed by atoms with van der Waals surface area (Å²) < 4.78 is 31.2. The Hall–Kier alpha value is -0.960. The van der Waals surface area contributed by atoms with Crippen molar-refractivity contribution in [2.45, 2.75) is 45.4 Å². The molecule has 31 heavy (non-hydrogen) atoms. The number of halogens is 2. The van der Waals surface area contributed by atoms with Gasteiger partial charge in [-0.2, -0.15) is 23.4 Å². The van der Waals surface area contributed by atoms with Crippen molar-refractivity contribution in [2.75, 3.05) is 0 Å². The molecule has 1 heterocycles. The number of hydrogen-bond donors (Lipinski definition) is 0. The number of rotatable bonds is 7. The summed E-state index contributed by atoms with van der Waals surface area (Å²) in [7, 11) is -4.21. The van der Waals surface area contributed by atoms with Crippen molar-refractivity contribution in [3.8, 4) is 6.01 Å². The van der Waals surface area contributed by atoms with Crippen LogP contribution in [-0.4, -0.2) is 52.9 Å². The predicted octanol–water partition coefficient (Wildman–Crippen LogP) is 4.85. The van der Waals surface area contributed by atoms with Crippen molar-refractivity contribution in [3.63, 3.8) is 0 Å². The molecule has 1 aromatic heterocycles. The first-order chi connectivity index (χ1) is 14.0. The third kappa shape index (κ3) is 6.76. The minimum atomic E-state index is -4.21. The van der Waals surface area contributed by atoms with Crippen molar-refractivity contribution >= 4 is 73.6 Å². The Kier molecular flexibility index (Phi) is 9.14. The second-order valence-electron chi connectivity index (χ2n) is 7.98. The van der Waals surface area contributed by atoms with Crippen LogP contribution in [0, 0.1) is 11.8 Å². The summed E-state index contributed by atoms with van der Waals surface area (Å²) in [5, 5.41) is 1.45. The molecule has 0 amide bonds. The summed E-state index contributed by atoms with van der Waals surface area (Å²) in [6.07, 6.45) is 1.57. The van der Waals surface area contributed by atoms with E-state index in [0.29, 0.717) is 11.8 Å². The standard InChI is InChI=1S/C21H23Cl2N3O3S.Na.H/c1-12(2)8-14-6-5-7-17-15(9-13(3)4)10-16(11-18(14)17)30(27,28)29-21-25-19(22)24-20(23)26-21;;/h5-7,10-13H,8-9H2,1-4H3;;. The van der Waals surface area contributed by atoms with E-state index < -0.39 is 16.1 Å². The summed E-state index contributed by atoms with van der Waals surface area (Å²) in [6.45, 7) is 8.45. The topological polar surface area (TPSA) is 82.0 Å². The van der Waals surface area contributed by atoms with Crippen LogP contribution in [0.3, 0.4) is 0 Å². The average molecular weight is 492 g/mol. The van der Waals surface area contributed by atoms with Gasteiger partial charge in [-0.15, -0.1) is 0 Å². The molecule has 3 aromatic rings. The predicted molar refractivity (Wildman–Crippen MR) is 126 cm³/mol. The van der Waals surface area contributed by atoms with Gasteiger partial charge in [0.2, 0.25) is 10.6 Å². The number of aromatic nitrogens is 3. The quantitative estimate of drug-likeness (QED) is 0.347. The molecule has 0 saturated carbocycles. The molecule has 0 unspecified atom stereocenters. The van der Waals surface area contributed by atoms with E-state index in [9.17, 15) is 8.42 Å². The van der Waals surface area contributed by atoms with Crippen LogP contribution in [0.4, 0.5) is 0 Å². The van der Waals surface area contributed by atoms with E-state index in [-0.39, 0.29) is 45.0 Å². The molecular formula is C21H24Cl2N3NaO3S. The molecule has 0 aliphatic carbocycles. The van der Waals surface area contributed by atoms with E-state index in [2.05, 4.69) is 42.6 Å². The van der Waals surface area contributed by atoms with Crippen molar-refractivity contribution in [1.82, 2.24) is 15.0 Å². The van der Waals surface area contributed by atoms with Gasteiger partial charge in [-0.25, -0.2) is 0 Å². The first-order valence-corrected chi connectivity index (χ1v) is 11.8. The Balaban J connectivity index is 0.00000341. The van der Waals surface area contributed by atoms with E-state index in [1.165, 1.54) is 0 Å². The fourth-order valence-corrected chi connectivity index (χ4v) is 4.62. The van der Waals surface area contributed by atoms with Crippen LogP contribution in [0.15, 0.2) is 35.2 Å². The molecule has 162 valence electrons. The Morgan fingerprint density at radius 3 is 2.03 bits per heavy atom. The summed E-state index contributed by atoms with van der Waals surface area (Å²) >= 11 is 11.5. The summed E-state index contributed by atoms with van der Waals surface area (Å²) in [5.41, 5.74) is 2.04. The zero-order chi connectivity index (χ0) is 22.1. The third-order valence-electron chi connectivity index (χ3n) is 4.44. The fraction of sp³-hybridized carbons (Fsp3) is 0.381. The SMILES string of the molecule is CC(C)Cc1cc(S(=O)(=O)Oc2nc(Cl)nc(Cl)n2)cc2c(CC(C)C)cccc12.[NaH]. The van der Waals surface area contributed by atoms with Gasteiger partial charge in [-0.3, -0.25) is 0 Å². The molecule has 0 radical (unpaired) electrons. The number of fused-ring (bicyclic) bond motifs is 1. The zero-order valence-corrected chi connectivity index (χ0v) is 19.5. The van der Waals surface area contributed by atoms with Crippen molar-refractivity contribution < 1.29 is 12.6 Å².